The highest BCUT2D eigenvalue weighted by atomic mass is 35.5. The van der Waals surface area contributed by atoms with Crippen LogP contribution in [0.1, 0.15) is 24.2 Å². The molecule has 1 aliphatic heterocycles. The predicted molar refractivity (Wildman–Crippen MR) is 87.7 cm³/mol. The van der Waals surface area contributed by atoms with Crippen molar-refractivity contribution in [3.8, 4) is 0 Å². The van der Waals surface area contributed by atoms with E-state index in [4.69, 9.17) is 27.9 Å². The number of hydrogen-bond acceptors (Lipinski definition) is 4. The summed E-state index contributed by atoms with van der Waals surface area (Å²) in [7, 11) is 0. The highest BCUT2D eigenvalue weighted by molar-refractivity contribution is 7.20. The Morgan fingerprint density at radius 2 is 2.10 bits per heavy atom. The van der Waals surface area contributed by atoms with Crippen LogP contribution < -0.4 is 5.32 Å². The van der Waals surface area contributed by atoms with E-state index in [2.05, 4.69) is 24.1 Å². The molecule has 1 aromatic rings. The normalized spacial score (nSPS) is 18.0. The summed E-state index contributed by atoms with van der Waals surface area (Å²) in [6.45, 7) is 8.25. The van der Waals surface area contributed by atoms with Crippen LogP contribution in [0.2, 0.25) is 8.67 Å². The van der Waals surface area contributed by atoms with Gasteiger partial charge < -0.3 is 10.1 Å². The lowest BCUT2D eigenvalue weighted by atomic mass is 10.0. The van der Waals surface area contributed by atoms with Gasteiger partial charge in [0.2, 0.25) is 0 Å². The van der Waals surface area contributed by atoms with Crippen molar-refractivity contribution in [2.24, 2.45) is 5.92 Å². The fraction of sp³-hybridized carbons (Fsp3) is 0.643. The fourth-order valence-electron chi connectivity index (χ4n) is 2.48. The Morgan fingerprint density at radius 1 is 1.43 bits per heavy atom. The number of rotatable bonds is 5. The average molecular weight is 351 g/mol. The first-order valence-corrected chi connectivity index (χ1v) is 8.61. The Labute approximate surface area is 139 Å². The first-order chi connectivity index (χ1) is 9.99. The number of carbonyl (C=O) groups is 1. The van der Waals surface area contributed by atoms with Crippen LogP contribution >= 0.6 is 34.5 Å². The van der Waals surface area contributed by atoms with Gasteiger partial charge in [0.15, 0.2) is 0 Å². The molecule has 0 radical (unpaired) electrons. The van der Waals surface area contributed by atoms with Crippen molar-refractivity contribution in [2.75, 3.05) is 32.8 Å². The van der Waals surface area contributed by atoms with Crippen molar-refractivity contribution in [1.29, 1.82) is 0 Å². The van der Waals surface area contributed by atoms with E-state index in [0.717, 1.165) is 26.3 Å². The van der Waals surface area contributed by atoms with Crippen molar-refractivity contribution in [1.82, 2.24) is 10.2 Å². The molecule has 0 aliphatic carbocycles. The average Bonchev–Trinajstić information content (AvgIpc) is 2.78. The third-order valence-electron chi connectivity index (χ3n) is 3.66. The maximum absolute atomic E-state index is 12.2. The lowest BCUT2D eigenvalue weighted by molar-refractivity contribution is 0.00673. The van der Waals surface area contributed by atoms with Crippen LogP contribution in [0, 0.1) is 5.92 Å². The maximum atomic E-state index is 12.2. The van der Waals surface area contributed by atoms with Crippen LogP contribution in [0.4, 0.5) is 0 Å². The SMILES string of the molecule is CC(C)C(CNC(=O)c1cc(Cl)sc1Cl)N1CCOCC1. The summed E-state index contributed by atoms with van der Waals surface area (Å²) < 4.78 is 6.35. The number of nitrogens with one attached hydrogen (secondary N) is 1. The van der Waals surface area contributed by atoms with E-state index in [1.54, 1.807) is 6.07 Å². The molecule has 21 heavy (non-hydrogen) atoms. The molecule has 118 valence electrons. The van der Waals surface area contributed by atoms with Crippen molar-refractivity contribution in [3.05, 3.63) is 20.3 Å². The quantitative estimate of drug-likeness (QED) is 0.886. The smallest absolute Gasteiger partial charge is 0.253 e. The van der Waals surface area contributed by atoms with Crippen LogP contribution in [-0.4, -0.2) is 49.7 Å². The second-order valence-electron chi connectivity index (χ2n) is 5.41. The summed E-state index contributed by atoms with van der Waals surface area (Å²) in [6, 6.07) is 1.91. The van der Waals surface area contributed by atoms with Gasteiger partial charge >= 0.3 is 0 Å². The van der Waals surface area contributed by atoms with E-state index < -0.39 is 0 Å². The fourth-order valence-corrected chi connectivity index (χ4v) is 3.94. The Balaban J connectivity index is 1.95. The topological polar surface area (TPSA) is 41.6 Å². The van der Waals surface area contributed by atoms with Gasteiger partial charge in [-0.25, -0.2) is 0 Å². The molecule has 1 aromatic heterocycles. The van der Waals surface area contributed by atoms with Gasteiger partial charge in [-0.1, -0.05) is 37.0 Å². The summed E-state index contributed by atoms with van der Waals surface area (Å²) in [5.74, 6) is 0.284. The number of nitrogens with zero attached hydrogens (tertiary/aromatic N) is 1. The number of carbonyl (C=O) groups excluding carboxylic acids is 1. The van der Waals surface area contributed by atoms with Gasteiger partial charge in [0.25, 0.3) is 5.91 Å². The number of ether oxygens (including phenoxy) is 1. The second kappa shape index (κ2) is 7.79. The minimum atomic E-state index is -0.165. The molecule has 1 atom stereocenters. The van der Waals surface area contributed by atoms with Crippen LogP contribution in [-0.2, 0) is 4.74 Å². The molecule has 1 saturated heterocycles. The molecule has 2 heterocycles. The van der Waals surface area contributed by atoms with Crippen molar-refractivity contribution < 1.29 is 9.53 Å². The summed E-state index contributed by atoms with van der Waals surface area (Å²) in [6.07, 6.45) is 0. The molecule has 1 fully saturated rings. The molecule has 1 N–H and O–H groups in total. The Hall–Kier alpha value is -0.330. The van der Waals surface area contributed by atoms with Crippen molar-refractivity contribution in [3.63, 3.8) is 0 Å². The minimum absolute atomic E-state index is 0.165. The molecule has 0 bridgehead atoms. The maximum Gasteiger partial charge on any atom is 0.253 e. The molecule has 1 amide bonds. The van der Waals surface area contributed by atoms with Crippen molar-refractivity contribution >= 4 is 40.4 Å². The summed E-state index contributed by atoms with van der Waals surface area (Å²) >= 11 is 13.1. The van der Waals surface area contributed by atoms with E-state index in [-0.39, 0.29) is 5.91 Å². The molecular weight excluding hydrogens is 331 g/mol. The lowest BCUT2D eigenvalue weighted by Gasteiger charge is -2.36. The van der Waals surface area contributed by atoms with Gasteiger partial charge in [-0.2, -0.15) is 0 Å². The van der Waals surface area contributed by atoms with Gasteiger partial charge in [0.05, 0.1) is 23.1 Å². The summed E-state index contributed by atoms with van der Waals surface area (Å²) in [5, 5.41) is 2.97. The second-order valence-corrected chi connectivity index (χ2v) is 7.69. The van der Waals surface area contributed by atoms with Gasteiger partial charge in [0, 0.05) is 25.7 Å². The van der Waals surface area contributed by atoms with Gasteiger partial charge in [0.1, 0.15) is 4.34 Å². The van der Waals surface area contributed by atoms with E-state index in [0.29, 0.717) is 32.7 Å². The van der Waals surface area contributed by atoms with Gasteiger partial charge in [-0.15, -0.1) is 11.3 Å². The zero-order valence-corrected chi connectivity index (χ0v) is 14.5. The molecule has 0 saturated carbocycles. The van der Waals surface area contributed by atoms with Gasteiger partial charge in [-0.3, -0.25) is 9.69 Å². The third kappa shape index (κ3) is 4.57. The van der Waals surface area contributed by atoms with Gasteiger partial charge in [-0.05, 0) is 12.0 Å². The molecule has 0 aromatic carbocycles. The lowest BCUT2D eigenvalue weighted by Crippen LogP contribution is -2.51. The van der Waals surface area contributed by atoms with Crippen LogP contribution in [0.25, 0.3) is 0 Å². The van der Waals surface area contributed by atoms with E-state index in [1.165, 1.54) is 11.3 Å². The first-order valence-electron chi connectivity index (χ1n) is 7.04. The zero-order chi connectivity index (χ0) is 15.4. The standard InChI is InChI=1S/C14H20Cl2N2O2S/c1-9(2)11(18-3-5-20-6-4-18)8-17-14(19)10-7-12(15)21-13(10)16/h7,9,11H,3-6,8H2,1-2H3,(H,17,19). The monoisotopic (exact) mass is 350 g/mol. The van der Waals surface area contributed by atoms with Crippen molar-refractivity contribution in [2.45, 2.75) is 19.9 Å². The Kier molecular flexibility index (Phi) is 6.32. The molecule has 1 unspecified atom stereocenters. The number of amides is 1. The highest BCUT2D eigenvalue weighted by Gasteiger charge is 2.25. The third-order valence-corrected chi connectivity index (χ3v) is 5.14. The zero-order valence-electron chi connectivity index (χ0n) is 12.2. The number of hydrogen-bond donors (Lipinski definition) is 1. The summed E-state index contributed by atoms with van der Waals surface area (Å²) in [5.41, 5.74) is 0.455. The van der Waals surface area contributed by atoms with Crippen LogP contribution in [0.3, 0.4) is 0 Å². The van der Waals surface area contributed by atoms with E-state index >= 15 is 0 Å². The highest BCUT2D eigenvalue weighted by Crippen LogP contribution is 2.31. The molecule has 7 heteroatoms. The Bertz CT molecular complexity index is 487. The predicted octanol–water partition coefficient (Wildman–Crippen LogP) is 3.14. The first kappa shape index (κ1) is 17.0. The molecular formula is C14H20Cl2N2O2S. The molecule has 2 rings (SSSR count). The van der Waals surface area contributed by atoms with E-state index in [9.17, 15) is 4.79 Å². The number of halogens is 2. The largest absolute Gasteiger partial charge is 0.379 e. The number of thiophene rings is 1. The summed E-state index contributed by atoms with van der Waals surface area (Å²) in [4.78, 5) is 14.6. The number of morpholine rings is 1. The molecule has 4 nitrogen and oxygen atoms in total. The Morgan fingerprint density at radius 3 is 2.62 bits per heavy atom. The van der Waals surface area contributed by atoms with E-state index in [1.807, 2.05) is 0 Å². The minimum Gasteiger partial charge on any atom is -0.379 e. The molecule has 0 spiro atoms. The van der Waals surface area contributed by atoms with Crippen LogP contribution in [0.15, 0.2) is 6.07 Å². The van der Waals surface area contributed by atoms with Crippen LogP contribution in [0.5, 0.6) is 0 Å². The molecule has 1 aliphatic rings.